The summed E-state index contributed by atoms with van der Waals surface area (Å²) < 4.78 is 4.61. The summed E-state index contributed by atoms with van der Waals surface area (Å²) in [5.74, 6) is -0.586. The number of methoxy groups -OCH3 is 1. The van der Waals surface area contributed by atoms with Crippen LogP contribution in [-0.4, -0.2) is 29.9 Å². The number of ether oxygens (including phenoxy) is 1. The minimum atomic E-state index is -0.508. The molecule has 0 saturated carbocycles. The Morgan fingerprint density at radius 3 is 2.32 bits per heavy atom. The second-order valence-corrected chi connectivity index (χ2v) is 3.22. The van der Waals surface area contributed by atoms with Crippen LogP contribution in [0.2, 0.25) is 0 Å². The summed E-state index contributed by atoms with van der Waals surface area (Å²) in [5.41, 5.74) is 0. The van der Waals surface area contributed by atoms with Crippen molar-refractivity contribution >= 4 is 11.9 Å². The Bertz CT molecular complexity index is 238. The summed E-state index contributed by atoms with van der Waals surface area (Å²) in [5, 5.41) is 0. The molecule has 0 spiro atoms. The molecule has 19 heavy (non-hydrogen) atoms. The van der Waals surface area contributed by atoms with E-state index < -0.39 is 6.04 Å². The van der Waals surface area contributed by atoms with E-state index in [1.807, 2.05) is 0 Å². The number of hydrogen-bond donors (Lipinski definition) is 0. The van der Waals surface area contributed by atoms with Crippen LogP contribution in [0.5, 0.6) is 0 Å². The molecule has 0 aromatic heterocycles. The topological polar surface area (TPSA) is 46.6 Å². The zero-order valence-corrected chi connectivity index (χ0v) is 22.7. The largest absolute Gasteiger partial charge is 0.509 e. The molecule has 1 rings (SSSR count). The van der Waals surface area contributed by atoms with Gasteiger partial charge in [0.2, 0.25) is 0 Å². The molecule has 1 aliphatic rings. The third kappa shape index (κ3) is 9.78. The van der Waals surface area contributed by atoms with Crippen molar-refractivity contribution in [1.82, 2.24) is 4.90 Å². The normalized spacial score (nSPS) is 19.2. The summed E-state index contributed by atoms with van der Waals surface area (Å²) >= 11 is 0. The number of likely N-dealkylation sites (tertiary alicyclic amines) is 1. The Balaban J connectivity index is -0.000000131. The third-order valence-corrected chi connectivity index (χ3v) is 2.21. The van der Waals surface area contributed by atoms with E-state index >= 15 is 0 Å². The van der Waals surface area contributed by atoms with Crippen LogP contribution in [0.15, 0.2) is 0 Å². The van der Waals surface area contributed by atoms with E-state index in [0.717, 1.165) is 0 Å². The number of nitrogens with zero attached hydrogens (tertiary/aromatic N) is 1. The first kappa shape index (κ1) is 33.0. The van der Waals surface area contributed by atoms with Crippen LogP contribution >= 0.6 is 0 Å². The van der Waals surface area contributed by atoms with Crippen molar-refractivity contribution in [2.24, 2.45) is 5.92 Å². The van der Waals surface area contributed by atoms with Gasteiger partial charge in [0.15, 0.2) is 0 Å². The molecular formula is C11H17NO3UVWY-4. The fourth-order valence-corrected chi connectivity index (χ4v) is 1.51. The number of carbonyl (C=O) groups is 2. The summed E-state index contributed by atoms with van der Waals surface area (Å²) in [6, 6.07) is -0.508. The number of amides is 1. The van der Waals surface area contributed by atoms with Gasteiger partial charge >= 0.3 is 5.97 Å². The Morgan fingerprint density at radius 1 is 1.47 bits per heavy atom. The predicted molar refractivity (Wildman–Crippen MR) is 56.8 cm³/mol. The first-order chi connectivity index (χ1) is 6.60. The van der Waals surface area contributed by atoms with Crippen LogP contribution in [0.25, 0.3) is 0 Å². The maximum absolute atomic E-state index is 11.4. The van der Waals surface area contributed by atoms with E-state index in [2.05, 4.69) is 11.7 Å². The van der Waals surface area contributed by atoms with Gasteiger partial charge in [0, 0.05) is 103 Å². The van der Waals surface area contributed by atoms with Gasteiger partial charge in [0.25, 0.3) is 0 Å². The number of esters is 1. The smallest absolute Gasteiger partial charge is 0.325 e. The Labute approximate surface area is 191 Å². The van der Waals surface area contributed by atoms with Gasteiger partial charge in [-0.1, -0.05) is 6.42 Å². The number of carbonyl (C=O) groups excluding carboxylic acids is 2. The van der Waals surface area contributed by atoms with Crippen molar-refractivity contribution < 1.29 is 118 Å². The SMILES string of the molecule is [CH2-]C1[CH-]N(C(=O)[CH-]C)[C@H](C(=O)OC)C1.[CH3-].[U].[V].[W].[Y]. The van der Waals surface area contributed by atoms with Gasteiger partial charge in [-0.25, -0.2) is 4.79 Å². The first-order valence-electron chi connectivity index (χ1n) is 4.47. The average molecular weight is 773 g/mol. The summed E-state index contributed by atoms with van der Waals surface area (Å²) in [4.78, 5) is 24.1. The van der Waals surface area contributed by atoms with E-state index in [1.165, 1.54) is 18.4 Å². The molecule has 106 valence electrons. The van der Waals surface area contributed by atoms with Crippen LogP contribution in [0, 0.1) is 64.3 Å². The number of rotatable bonds is 2. The molecule has 2 atom stereocenters. The van der Waals surface area contributed by atoms with Gasteiger partial charge in [-0.05, 0) is 0 Å². The molecule has 1 fully saturated rings. The molecule has 0 aromatic rings. The Hall–Kier alpha value is 2.24. The maximum Gasteiger partial charge on any atom is 0.325 e. The van der Waals surface area contributed by atoms with Crippen LogP contribution < -0.4 is 0 Å². The maximum atomic E-state index is 11.4. The standard InChI is InChI=1S/C10H14NO3.CH3.U.V.W.Y/c1-4-9(12)11-6-7(2)5-8(11)10(13)14-3;;;;;/h4,6-8H,2,5H2,1,3H3;1H3;;;;/q-3;-1;;;;/t7?,8-;;;;;/m0...../s1. The predicted octanol–water partition coefficient (Wildman–Crippen LogP) is 1.04. The van der Waals surface area contributed by atoms with E-state index in [0.29, 0.717) is 6.42 Å². The van der Waals surface area contributed by atoms with Gasteiger partial charge < -0.3 is 35.2 Å². The zero-order valence-electron chi connectivity index (χ0n) is 11.3. The monoisotopic (exact) mass is 773 g/mol. The molecule has 1 heterocycles. The van der Waals surface area contributed by atoms with Crippen molar-refractivity contribution in [2.75, 3.05) is 7.11 Å². The second kappa shape index (κ2) is 16.6. The van der Waals surface area contributed by atoms with Gasteiger partial charge in [-0.2, -0.15) is 6.92 Å². The zero-order chi connectivity index (χ0) is 10.7. The molecule has 1 amide bonds. The summed E-state index contributed by atoms with van der Waals surface area (Å²) in [6.07, 6.45) is 1.96. The average Bonchev–Trinajstić information content (AvgIpc) is 2.58. The number of hydrogen-bond acceptors (Lipinski definition) is 3. The minimum Gasteiger partial charge on any atom is -0.509 e. The molecule has 1 aliphatic heterocycles. The molecule has 0 aliphatic carbocycles. The van der Waals surface area contributed by atoms with Gasteiger partial charge in [-0.15, -0.1) is 0 Å². The van der Waals surface area contributed by atoms with E-state index in [4.69, 9.17) is 0 Å². The minimum absolute atomic E-state index is 0. The summed E-state index contributed by atoms with van der Waals surface area (Å²) in [6.45, 7) is 7.11. The van der Waals surface area contributed by atoms with E-state index in [-0.39, 0.29) is 129 Å². The Kier molecular flexibility index (Phi) is 28.8. The molecular weight excluding hydrogens is 756 g/mol. The summed E-state index contributed by atoms with van der Waals surface area (Å²) in [7, 11) is 1.32. The van der Waals surface area contributed by atoms with Crippen LogP contribution in [-0.2, 0) is 86.7 Å². The van der Waals surface area contributed by atoms with Crippen LogP contribution in [0.1, 0.15) is 13.3 Å². The van der Waals surface area contributed by atoms with Gasteiger partial charge in [-0.3, -0.25) is 12.5 Å². The van der Waals surface area contributed by atoms with Crippen molar-refractivity contribution in [2.45, 2.75) is 19.4 Å². The third-order valence-electron chi connectivity index (χ3n) is 2.21. The molecule has 0 aromatic carbocycles. The first-order valence-corrected chi connectivity index (χ1v) is 4.47. The fourth-order valence-electron chi connectivity index (χ4n) is 1.51. The quantitative estimate of drug-likeness (QED) is 0.312. The van der Waals surface area contributed by atoms with Crippen molar-refractivity contribution in [3.63, 3.8) is 0 Å². The molecule has 0 bridgehead atoms. The second-order valence-electron chi connectivity index (χ2n) is 3.22. The Morgan fingerprint density at radius 2 is 1.95 bits per heavy atom. The van der Waals surface area contributed by atoms with Crippen LogP contribution in [0.3, 0.4) is 0 Å². The molecule has 8 heteroatoms. The molecule has 1 saturated heterocycles. The van der Waals surface area contributed by atoms with Crippen LogP contribution in [0.4, 0.5) is 0 Å². The van der Waals surface area contributed by atoms with Crippen molar-refractivity contribution in [1.29, 1.82) is 0 Å². The van der Waals surface area contributed by atoms with Crippen molar-refractivity contribution in [3.8, 4) is 0 Å². The molecule has 2 radical (unpaired) electrons. The van der Waals surface area contributed by atoms with Gasteiger partial charge in [0.05, 0.1) is 19.1 Å². The molecule has 4 nitrogen and oxygen atoms in total. The van der Waals surface area contributed by atoms with Crippen molar-refractivity contribution in [3.05, 3.63) is 27.3 Å². The molecule has 0 N–H and O–H groups in total. The fraction of sp³-hybridized carbons (Fsp3) is 0.455. The van der Waals surface area contributed by atoms with E-state index in [9.17, 15) is 9.59 Å². The van der Waals surface area contributed by atoms with E-state index in [1.54, 1.807) is 13.5 Å². The van der Waals surface area contributed by atoms with Gasteiger partial charge in [0.1, 0.15) is 0 Å². The molecule has 1 unspecified atom stereocenters.